The highest BCUT2D eigenvalue weighted by atomic mass is 32.2. The van der Waals surface area contributed by atoms with Crippen LogP contribution in [0, 0.1) is 0 Å². The molecule has 1 aliphatic heterocycles. The predicted molar refractivity (Wildman–Crippen MR) is 93.5 cm³/mol. The molecule has 0 aromatic heterocycles. The molecule has 0 fully saturated rings. The number of sulfone groups is 1. The fourth-order valence-electron chi connectivity index (χ4n) is 2.88. The first-order valence-corrected chi connectivity index (χ1v) is 9.60. The number of ether oxygens (including phenoxy) is 1. The number of hydrogen-bond acceptors (Lipinski definition) is 4. The van der Waals surface area contributed by atoms with Gasteiger partial charge in [0.1, 0.15) is 0 Å². The molecule has 0 saturated heterocycles. The van der Waals surface area contributed by atoms with Crippen molar-refractivity contribution < 1.29 is 31.1 Å². The molecule has 0 aliphatic carbocycles. The van der Waals surface area contributed by atoms with E-state index in [2.05, 4.69) is 4.74 Å². The molecule has 1 aliphatic rings. The fourth-order valence-corrected chi connectivity index (χ4v) is 4.34. The van der Waals surface area contributed by atoms with Crippen LogP contribution in [0.1, 0.15) is 17.5 Å². The van der Waals surface area contributed by atoms with Crippen molar-refractivity contribution >= 4 is 21.9 Å². The molecule has 4 nitrogen and oxygen atoms in total. The Hall–Kier alpha value is -2.61. The summed E-state index contributed by atoms with van der Waals surface area (Å²) in [7, 11) is -2.38. The number of carbonyl (C=O) groups excluding carboxylic acids is 1. The first-order valence-electron chi connectivity index (χ1n) is 7.95. The first-order chi connectivity index (χ1) is 12.6. The van der Waals surface area contributed by atoms with Gasteiger partial charge < -0.3 is 4.74 Å². The second kappa shape index (κ2) is 6.84. The van der Waals surface area contributed by atoms with Gasteiger partial charge in [0.25, 0.3) is 0 Å². The summed E-state index contributed by atoms with van der Waals surface area (Å²) in [6.07, 6.45) is -2.95. The Bertz CT molecular complexity index is 1020. The van der Waals surface area contributed by atoms with Crippen LogP contribution in [-0.2, 0) is 25.5 Å². The van der Waals surface area contributed by atoms with Crippen molar-refractivity contribution in [3.63, 3.8) is 0 Å². The molecule has 0 N–H and O–H groups in total. The largest absolute Gasteiger partial charge is 0.466 e. The minimum atomic E-state index is -4.43. The van der Waals surface area contributed by atoms with Crippen LogP contribution in [0.15, 0.2) is 52.9 Å². The Labute approximate surface area is 154 Å². The number of hydrogen-bond donors (Lipinski definition) is 0. The highest BCUT2D eigenvalue weighted by Gasteiger charge is 2.30. The zero-order valence-electron chi connectivity index (χ0n) is 14.2. The summed E-state index contributed by atoms with van der Waals surface area (Å²) in [5, 5.41) is 0. The van der Waals surface area contributed by atoms with E-state index in [9.17, 15) is 26.4 Å². The van der Waals surface area contributed by atoms with E-state index >= 15 is 0 Å². The van der Waals surface area contributed by atoms with Gasteiger partial charge in [0, 0.05) is 5.57 Å². The minimum Gasteiger partial charge on any atom is -0.466 e. The highest BCUT2D eigenvalue weighted by molar-refractivity contribution is 7.91. The number of benzene rings is 2. The van der Waals surface area contributed by atoms with E-state index < -0.39 is 27.5 Å². The molecule has 0 radical (unpaired) electrons. The molecule has 0 saturated carbocycles. The Balaban J connectivity index is 2.09. The average Bonchev–Trinajstić information content (AvgIpc) is 2.76. The molecule has 2 aromatic carbocycles. The number of fused-ring (bicyclic) bond motifs is 1. The normalized spacial score (nSPS) is 16.1. The van der Waals surface area contributed by atoms with E-state index in [1.54, 1.807) is 6.07 Å². The Morgan fingerprint density at radius 3 is 2.26 bits per heavy atom. The van der Waals surface area contributed by atoms with Gasteiger partial charge in [-0.05, 0) is 53.5 Å². The number of alkyl halides is 3. The van der Waals surface area contributed by atoms with Crippen LogP contribution in [0.3, 0.4) is 0 Å². The van der Waals surface area contributed by atoms with Crippen molar-refractivity contribution in [2.45, 2.75) is 17.5 Å². The molecule has 0 amide bonds. The lowest BCUT2D eigenvalue weighted by Gasteiger charge is -2.10. The van der Waals surface area contributed by atoms with E-state index in [4.69, 9.17) is 0 Å². The lowest BCUT2D eigenvalue weighted by Crippen LogP contribution is -2.10. The van der Waals surface area contributed by atoms with Crippen molar-refractivity contribution in [2.24, 2.45) is 0 Å². The standard InChI is InChI=1S/C19H15F3O4S/c1-26-18(23)14-8-9-27(24,25)17-7-4-13(10-15(17)11-14)12-2-5-16(6-3-12)19(20,21)22/h2-7,10-11H,8-9H2,1H3. The number of carbonyl (C=O) groups is 1. The van der Waals surface area contributed by atoms with Gasteiger partial charge in [-0.3, -0.25) is 0 Å². The number of esters is 1. The van der Waals surface area contributed by atoms with Gasteiger partial charge in [0.15, 0.2) is 9.84 Å². The highest BCUT2D eigenvalue weighted by Crippen LogP contribution is 2.33. The summed E-state index contributed by atoms with van der Waals surface area (Å²) in [6, 6.07) is 9.07. The van der Waals surface area contributed by atoms with E-state index in [1.165, 1.54) is 37.5 Å². The molecule has 2 aromatic rings. The summed E-state index contributed by atoms with van der Waals surface area (Å²) >= 11 is 0. The van der Waals surface area contributed by atoms with Gasteiger partial charge in [0.05, 0.1) is 23.3 Å². The van der Waals surface area contributed by atoms with Crippen LogP contribution in [0.4, 0.5) is 13.2 Å². The third kappa shape index (κ3) is 3.90. The first kappa shape index (κ1) is 19.2. The lowest BCUT2D eigenvalue weighted by molar-refractivity contribution is -0.138. The SMILES string of the molecule is COC(=O)C1=Cc2cc(-c3ccc(C(F)(F)F)cc3)ccc2S(=O)(=O)CC1. The molecule has 0 unspecified atom stereocenters. The molecular weight excluding hydrogens is 381 g/mol. The van der Waals surface area contributed by atoms with Gasteiger partial charge in [-0.25, -0.2) is 13.2 Å². The predicted octanol–water partition coefficient (Wildman–Crippen LogP) is 4.11. The molecule has 0 spiro atoms. The second-order valence-corrected chi connectivity index (χ2v) is 8.14. The summed E-state index contributed by atoms with van der Waals surface area (Å²) in [5.41, 5.74) is 0.812. The maximum absolute atomic E-state index is 12.7. The summed E-state index contributed by atoms with van der Waals surface area (Å²) in [6.45, 7) is 0. The van der Waals surface area contributed by atoms with Crippen molar-refractivity contribution in [3.8, 4) is 11.1 Å². The summed E-state index contributed by atoms with van der Waals surface area (Å²) in [5.74, 6) is -0.835. The van der Waals surface area contributed by atoms with Crippen LogP contribution >= 0.6 is 0 Å². The second-order valence-electron chi connectivity index (χ2n) is 6.06. The van der Waals surface area contributed by atoms with Crippen LogP contribution in [0.25, 0.3) is 17.2 Å². The number of rotatable bonds is 2. The third-order valence-electron chi connectivity index (χ3n) is 4.31. The molecule has 3 rings (SSSR count). The Morgan fingerprint density at radius 1 is 1.04 bits per heavy atom. The van der Waals surface area contributed by atoms with E-state index in [1.807, 2.05) is 0 Å². The molecule has 1 heterocycles. The smallest absolute Gasteiger partial charge is 0.416 e. The molecule has 142 valence electrons. The average molecular weight is 396 g/mol. The monoisotopic (exact) mass is 396 g/mol. The molecule has 0 atom stereocenters. The van der Waals surface area contributed by atoms with Crippen molar-refractivity contribution in [3.05, 3.63) is 59.2 Å². The summed E-state index contributed by atoms with van der Waals surface area (Å²) < 4.78 is 67.7. The van der Waals surface area contributed by atoms with E-state index in [0.29, 0.717) is 16.7 Å². The quantitative estimate of drug-likeness (QED) is 0.717. The fraction of sp³-hybridized carbons (Fsp3) is 0.211. The Kier molecular flexibility index (Phi) is 4.86. The minimum absolute atomic E-state index is 0.0271. The maximum Gasteiger partial charge on any atom is 0.416 e. The van der Waals surface area contributed by atoms with Crippen LogP contribution in [0.5, 0.6) is 0 Å². The topological polar surface area (TPSA) is 60.4 Å². The number of methoxy groups -OCH3 is 1. The molecular formula is C19H15F3O4S. The van der Waals surface area contributed by atoms with Crippen molar-refractivity contribution in [2.75, 3.05) is 12.9 Å². The zero-order valence-corrected chi connectivity index (χ0v) is 15.0. The van der Waals surface area contributed by atoms with Gasteiger partial charge in [0.2, 0.25) is 0 Å². The third-order valence-corrected chi connectivity index (χ3v) is 6.09. The molecule has 27 heavy (non-hydrogen) atoms. The summed E-state index contributed by atoms with van der Waals surface area (Å²) in [4.78, 5) is 11.9. The van der Waals surface area contributed by atoms with Crippen molar-refractivity contribution in [1.82, 2.24) is 0 Å². The van der Waals surface area contributed by atoms with Gasteiger partial charge >= 0.3 is 12.1 Å². The van der Waals surface area contributed by atoms with E-state index in [-0.39, 0.29) is 22.6 Å². The molecule has 8 heteroatoms. The maximum atomic E-state index is 12.7. The molecule has 0 bridgehead atoms. The van der Waals surface area contributed by atoms with Crippen LogP contribution in [0.2, 0.25) is 0 Å². The van der Waals surface area contributed by atoms with Crippen LogP contribution in [-0.4, -0.2) is 27.2 Å². The zero-order chi connectivity index (χ0) is 19.8. The Morgan fingerprint density at radius 2 is 1.67 bits per heavy atom. The van der Waals surface area contributed by atoms with Gasteiger partial charge in [-0.2, -0.15) is 13.2 Å². The van der Waals surface area contributed by atoms with E-state index in [0.717, 1.165) is 12.1 Å². The van der Waals surface area contributed by atoms with Gasteiger partial charge in [-0.1, -0.05) is 18.2 Å². The van der Waals surface area contributed by atoms with Crippen molar-refractivity contribution in [1.29, 1.82) is 0 Å². The lowest BCUT2D eigenvalue weighted by atomic mass is 10.00. The van der Waals surface area contributed by atoms with Gasteiger partial charge in [-0.15, -0.1) is 0 Å². The number of halogens is 3. The van der Waals surface area contributed by atoms with Crippen LogP contribution < -0.4 is 0 Å².